The molecule has 0 spiro atoms. The van der Waals surface area contributed by atoms with Gasteiger partial charge in [0.05, 0.1) is 5.37 Å². The number of aryl methyl sites for hydroxylation is 1. The highest BCUT2D eigenvalue weighted by Gasteiger charge is 2.41. The minimum Gasteiger partial charge on any atom is -0.480 e. The Morgan fingerprint density at radius 2 is 2.21 bits per heavy atom. The Morgan fingerprint density at radius 1 is 1.47 bits per heavy atom. The molecule has 2 atom stereocenters. The van der Waals surface area contributed by atoms with Crippen molar-refractivity contribution in [2.24, 2.45) is 0 Å². The summed E-state index contributed by atoms with van der Waals surface area (Å²) in [5.41, 5.74) is 0.565. The number of carboxylic acids is 1. The molecule has 0 aromatic carbocycles. The van der Waals surface area contributed by atoms with Gasteiger partial charge in [0.25, 0.3) is 5.91 Å². The highest BCUT2D eigenvalue weighted by molar-refractivity contribution is 8.00. The van der Waals surface area contributed by atoms with Gasteiger partial charge in [0, 0.05) is 18.5 Å². The largest absolute Gasteiger partial charge is 0.480 e. The third-order valence-electron chi connectivity index (χ3n) is 3.35. The van der Waals surface area contributed by atoms with Gasteiger partial charge in [0.2, 0.25) is 0 Å². The van der Waals surface area contributed by atoms with Crippen LogP contribution in [0.25, 0.3) is 0 Å². The molecule has 1 aromatic rings. The SMILES string of the molecule is CCC1SCC(C(=O)O)N1C(=O)c1cccn1CC. The predicted octanol–water partition coefficient (Wildman–Crippen LogP) is 1.89. The molecule has 19 heavy (non-hydrogen) atoms. The zero-order valence-electron chi connectivity index (χ0n) is 11.1. The smallest absolute Gasteiger partial charge is 0.327 e. The van der Waals surface area contributed by atoms with E-state index in [-0.39, 0.29) is 11.3 Å². The van der Waals surface area contributed by atoms with E-state index in [0.29, 0.717) is 18.0 Å². The first-order valence-corrected chi connectivity index (χ1v) is 7.47. The summed E-state index contributed by atoms with van der Waals surface area (Å²) in [4.78, 5) is 25.4. The van der Waals surface area contributed by atoms with E-state index in [9.17, 15) is 14.7 Å². The lowest BCUT2D eigenvalue weighted by Crippen LogP contribution is -2.46. The van der Waals surface area contributed by atoms with Gasteiger partial charge in [-0.05, 0) is 25.5 Å². The van der Waals surface area contributed by atoms with Gasteiger partial charge in [-0.2, -0.15) is 0 Å². The summed E-state index contributed by atoms with van der Waals surface area (Å²) in [6.07, 6.45) is 2.60. The van der Waals surface area contributed by atoms with E-state index in [4.69, 9.17) is 0 Å². The molecule has 1 aliphatic rings. The number of carboxylic acid groups (broad SMARTS) is 1. The van der Waals surface area contributed by atoms with Crippen LogP contribution in [-0.2, 0) is 11.3 Å². The van der Waals surface area contributed by atoms with Crippen LogP contribution in [0.2, 0.25) is 0 Å². The zero-order valence-corrected chi connectivity index (χ0v) is 11.9. The van der Waals surface area contributed by atoms with E-state index in [0.717, 1.165) is 6.42 Å². The Hall–Kier alpha value is -1.43. The van der Waals surface area contributed by atoms with E-state index in [1.54, 1.807) is 17.8 Å². The normalized spacial score (nSPS) is 22.7. The van der Waals surface area contributed by atoms with Crippen molar-refractivity contribution in [3.8, 4) is 0 Å². The fourth-order valence-corrected chi connectivity index (χ4v) is 3.70. The molecular formula is C13H18N2O3S. The molecule has 0 aliphatic carbocycles. The number of rotatable bonds is 4. The van der Waals surface area contributed by atoms with Crippen molar-refractivity contribution in [1.82, 2.24) is 9.47 Å². The number of aliphatic carboxylic acids is 1. The van der Waals surface area contributed by atoms with E-state index in [2.05, 4.69) is 0 Å². The van der Waals surface area contributed by atoms with Crippen molar-refractivity contribution < 1.29 is 14.7 Å². The summed E-state index contributed by atoms with van der Waals surface area (Å²) in [6.45, 7) is 4.63. The Morgan fingerprint density at radius 3 is 2.79 bits per heavy atom. The third-order valence-corrected chi connectivity index (χ3v) is 4.80. The monoisotopic (exact) mass is 282 g/mol. The molecule has 1 N–H and O–H groups in total. The van der Waals surface area contributed by atoms with Gasteiger partial charge in [-0.1, -0.05) is 6.92 Å². The molecule has 1 amide bonds. The molecule has 5 nitrogen and oxygen atoms in total. The number of amides is 1. The van der Waals surface area contributed by atoms with Gasteiger partial charge in [-0.3, -0.25) is 4.79 Å². The topological polar surface area (TPSA) is 62.5 Å². The number of hydrogen-bond donors (Lipinski definition) is 1. The van der Waals surface area contributed by atoms with Crippen LogP contribution in [0.15, 0.2) is 18.3 Å². The number of thioether (sulfide) groups is 1. The van der Waals surface area contributed by atoms with Crippen molar-refractivity contribution in [3.05, 3.63) is 24.0 Å². The average Bonchev–Trinajstić information content (AvgIpc) is 3.03. The number of carbonyl (C=O) groups is 2. The summed E-state index contributed by atoms with van der Waals surface area (Å²) in [5, 5.41) is 9.21. The van der Waals surface area contributed by atoms with Crippen LogP contribution in [0.4, 0.5) is 0 Å². The fourth-order valence-electron chi connectivity index (χ4n) is 2.36. The molecule has 104 valence electrons. The van der Waals surface area contributed by atoms with Crippen molar-refractivity contribution >= 4 is 23.6 Å². The highest BCUT2D eigenvalue weighted by atomic mass is 32.2. The first-order valence-electron chi connectivity index (χ1n) is 6.42. The average molecular weight is 282 g/mol. The minimum absolute atomic E-state index is 0.0474. The van der Waals surface area contributed by atoms with Gasteiger partial charge in [0.1, 0.15) is 11.7 Å². The molecule has 2 unspecified atom stereocenters. The van der Waals surface area contributed by atoms with Gasteiger partial charge < -0.3 is 14.6 Å². The third kappa shape index (κ3) is 2.49. The second-order valence-corrected chi connectivity index (χ2v) is 5.65. The van der Waals surface area contributed by atoms with Crippen molar-refractivity contribution in [2.75, 3.05) is 5.75 Å². The molecule has 2 heterocycles. The highest BCUT2D eigenvalue weighted by Crippen LogP contribution is 2.32. The Bertz CT molecular complexity index is 486. The second kappa shape index (κ2) is 5.69. The van der Waals surface area contributed by atoms with Crippen molar-refractivity contribution in [1.29, 1.82) is 0 Å². The lowest BCUT2D eigenvalue weighted by molar-refractivity contribution is -0.141. The maximum atomic E-state index is 12.6. The van der Waals surface area contributed by atoms with E-state index in [1.165, 1.54) is 4.90 Å². The summed E-state index contributed by atoms with van der Waals surface area (Å²) in [7, 11) is 0. The molecule has 2 rings (SSSR count). The Balaban J connectivity index is 2.31. The maximum Gasteiger partial charge on any atom is 0.327 e. The van der Waals surface area contributed by atoms with Crippen LogP contribution in [-0.4, -0.2) is 43.6 Å². The van der Waals surface area contributed by atoms with E-state index < -0.39 is 12.0 Å². The van der Waals surface area contributed by atoms with Crippen LogP contribution in [0.1, 0.15) is 30.8 Å². The molecule has 0 saturated carbocycles. The molecule has 6 heteroatoms. The Kier molecular flexibility index (Phi) is 4.19. The summed E-state index contributed by atoms with van der Waals surface area (Å²) < 4.78 is 1.84. The second-order valence-electron chi connectivity index (χ2n) is 4.44. The molecule has 1 fully saturated rings. The van der Waals surface area contributed by atoms with E-state index >= 15 is 0 Å². The van der Waals surface area contributed by atoms with Gasteiger partial charge >= 0.3 is 5.97 Å². The molecule has 1 aromatic heterocycles. The number of hydrogen-bond acceptors (Lipinski definition) is 3. The van der Waals surface area contributed by atoms with Crippen LogP contribution in [0.5, 0.6) is 0 Å². The number of carbonyl (C=O) groups excluding carboxylic acids is 1. The summed E-state index contributed by atoms with van der Waals surface area (Å²) >= 11 is 1.54. The fraction of sp³-hybridized carbons (Fsp3) is 0.538. The lowest BCUT2D eigenvalue weighted by atomic mass is 10.2. The molecular weight excluding hydrogens is 264 g/mol. The van der Waals surface area contributed by atoms with Crippen LogP contribution in [0, 0.1) is 0 Å². The van der Waals surface area contributed by atoms with Crippen LogP contribution in [0.3, 0.4) is 0 Å². The van der Waals surface area contributed by atoms with Crippen LogP contribution >= 0.6 is 11.8 Å². The number of aromatic nitrogens is 1. The maximum absolute atomic E-state index is 12.6. The first kappa shape index (κ1) is 14.0. The standard InChI is InChI=1S/C13H18N2O3S/c1-3-11-15(10(8-19-11)13(17)18)12(16)9-6-5-7-14(9)4-2/h5-7,10-11H,3-4,8H2,1-2H3,(H,17,18). The first-order chi connectivity index (χ1) is 9.10. The van der Waals surface area contributed by atoms with Crippen LogP contribution < -0.4 is 0 Å². The number of nitrogens with zero attached hydrogens (tertiary/aromatic N) is 2. The molecule has 1 saturated heterocycles. The molecule has 1 aliphatic heterocycles. The van der Waals surface area contributed by atoms with Gasteiger partial charge in [0.15, 0.2) is 0 Å². The molecule has 0 bridgehead atoms. The summed E-state index contributed by atoms with van der Waals surface area (Å²) in [6, 6.07) is 2.85. The molecule has 0 radical (unpaired) electrons. The van der Waals surface area contributed by atoms with Crippen molar-refractivity contribution in [2.45, 2.75) is 38.2 Å². The minimum atomic E-state index is -0.925. The predicted molar refractivity (Wildman–Crippen MR) is 74.2 cm³/mol. The van der Waals surface area contributed by atoms with Crippen molar-refractivity contribution in [3.63, 3.8) is 0 Å². The van der Waals surface area contributed by atoms with Gasteiger partial charge in [-0.15, -0.1) is 11.8 Å². The summed E-state index contributed by atoms with van der Waals surface area (Å²) in [5.74, 6) is -0.644. The zero-order chi connectivity index (χ0) is 14.0. The Labute approximate surface area is 116 Å². The van der Waals surface area contributed by atoms with Gasteiger partial charge in [-0.25, -0.2) is 4.79 Å². The lowest BCUT2D eigenvalue weighted by Gasteiger charge is -2.27. The van der Waals surface area contributed by atoms with E-state index in [1.807, 2.05) is 30.7 Å². The quantitative estimate of drug-likeness (QED) is 0.916.